The summed E-state index contributed by atoms with van der Waals surface area (Å²) in [7, 11) is 3.03. The van der Waals surface area contributed by atoms with Crippen LogP contribution in [-0.2, 0) is 9.47 Å². The predicted molar refractivity (Wildman–Crippen MR) is 63.2 cm³/mol. The lowest BCUT2D eigenvalue weighted by molar-refractivity contribution is -0.542. The molecule has 0 rings (SSSR count). The fourth-order valence-electron chi connectivity index (χ4n) is 2.08. The van der Waals surface area contributed by atoms with Crippen molar-refractivity contribution in [3.8, 4) is 0 Å². The van der Waals surface area contributed by atoms with Gasteiger partial charge in [-0.3, -0.25) is 10.1 Å². The number of methoxy groups -OCH3 is 2. The summed E-state index contributed by atoms with van der Waals surface area (Å²) >= 11 is 0. The molecule has 0 aliphatic heterocycles. The Labute approximate surface area is 102 Å². The minimum atomic E-state index is -0.685. The molecular weight excluding hydrogens is 226 g/mol. The lowest BCUT2D eigenvalue weighted by atomic mass is 9.87. The molecule has 0 saturated heterocycles. The normalized spacial score (nSPS) is 16.8. The minimum absolute atomic E-state index is 0.0315. The highest BCUT2D eigenvalue weighted by Gasteiger charge is 2.34. The third-order valence-corrected chi connectivity index (χ3v) is 3.08. The first-order chi connectivity index (χ1) is 7.97. The maximum atomic E-state index is 11.1. The van der Waals surface area contributed by atoms with Gasteiger partial charge in [-0.2, -0.15) is 0 Å². The van der Waals surface area contributed by atoms with Crippen molar-refractivity contribution in [1.29, 1.82) is 0 Å². The van der Waals surface area contributed by atoms with Crippen molar-refractivity contribution in [2.24, 2.45) is 11.8 Å². The minimum Gasteiger partial charge on any atom is -0.396 e. The molecule has 102 valence electrons. The van der Waals surface area contributed by atoms with Crippen molar-refractivity contribution < 1.29 is 19.5 Å². The standard InChI is InChI=1S/C11H23NO5/c1-8(5-6-13)11(12(14)15)9(2)7-10(16-3)17-4/h8-11,13H,5-7H2,1-4H3/t8-,9+,11?/m1/s1. The second-order valence-corrected chi connectivity index (χ2v) is 4.38. The van der Waals surface area contributed by atoms with Crippen molar-refractivity contribution in [2.75, 3.05) is 20.8 Å². The summed E-state index contributed by atoms with van der Waals surface area (Å²) in [6.07, 6.45) is 0.475. The first-order valence-corrected chi connectivity index (χ1v) is 5.77. The van der Waals surface area contributed by atoms with Crippen molar-refractivity contribution in [3.05, 3.63) is 10.1 Å². The van der Waals surface area contributed by atoms with Crippen LogP contribution in [0.2, 0.25) is 0 Å². The van der Waals surface area contributed by atoms with E-state index in [1.54, 1.807) is 6.92 Å². The quantitative estimate of drug-likeness (QED) is 0.378. The zero-order chi connectivity index (χ0) is 13.4. The molecule has 0 bridgehead atoms. The van der Waals surface area contributed by atoms with Gasteiger partial charge in [-0.15, -0.1) is 0 Å². The van der Waals surface area contributed by atoms with E-state index in [0.29, 0.717) is 12.8 Å². The number of nitro groups is 1. The van der Waals surface area contributed by atoms with Crippen LogP contribution in [0.15, 0.2) is 0 Å². The number of aliphatic hydroxyl groups is 1. The van der Waals surface area contributed by atoms with Crippen molar-refractivity contribution >= 4 is 0 Å². The lowest BCUT2D eigenvalue weighted by Crippen LogP contribution is -2.36. The lowest BCUT2D eigenvalue weighted by Gasteiger charge is -2.24. The van der Waals surface area contributed by atoms with E-state index in [4.69, 9.17) is 14.6 Å². The molecule has 3 atom stereocenters. The zero-order valence-electron chi connectivity index (χ0n) is 11.0. The Hall–Kier alpha value is -0.720. The summed E-state index contributed by atoms with van der Waals surface area (Å²) in [4.78, 5) is 10.8. The molecule has 0 heterocycles. The summed E-state index contributed by atoms with van der Waals surface area (Å²) in [5.74, 6) is -0.337. The van der Waals surface area contributed by atoms with Gasteiger partial charge in [-0.1, -0.05) is 13.8 Å². The van der Waals surface area contributed by atoms with E-state index in [2.05, 4.69) is 0 Å². The van der Waals surface area contributed by atoms with Gasteiger partial charge in [0.15, 0.2) is 6.29 Å². The van der Waals surface area contributed by atoms with E-state index in [-0.39, 0.29) is 23.4 Å². The second kappa shape index (κ2) is 8.38. The molecule has 0 aliphatic rings. The van der Waals surface area contributed by atoms with Crippen LogP contribution in [0.3, 0.4) is 0 Å². The van der Waals surface area contributed by atoms with Crippen LogP contribution in [0, 0.1) is 22.0 Å². The predicted octanol–water partition coefficient (Wildman–Crippen LogP) is 1.30. The zero-order valence-corrected chi connectivity index (χ0v) is 11.0. The Morgan fingerprint density at radius 3 is 2.12 bits per heavy atom. The number of aliphatic hydroxyl groups excluding tert-OH is 1. The smallest absolute Gasteiger partial charge is 0.218 e. The molecule has 0 amide bonds. The van der Waals surface area contributed by atoms with E-state index < -0.39 is 12.3 Å². The number of hydrogen-bond donors (Lipinski definition) is 1. The molecule has 6 heteroatoms. The van der Waals surface area contributed by atoms with Crippen molar-refractivity contribution in [1.82, 2.24) is 0 Å². The molecule has 0 spiro atoms. The maximum Gasteiger partial charge on any atom is 0.218 e. The number of hydrogen-bond acceptors (Lipinski definition) is 5. The molecule has 0 radical (unpaired) electrons. The number of ether oxygens (including phenoxy) is 2. The fourth-order valence-corrected chi connectivity index (χ4v) is 2.08. The summed E-state index contributed by atoms with van der Waals surface area (Å²) < 4.78 is 10.1. The van der Waals surface area contributed by atoms with Crippen LogP contribution < -0.4 is 0 Å². The molecule has 0 aromatic carbocycles. The van der Waals surface area contributed by atoms with Gasteiger partial charge in [0.25, 0.3) is 0 Å². The average Bonchev–Trinajstić information content (AvgIpc) is 2.25. The summed E-state index contributed by atoms with van der Waals surface area (Å²) in [6, 6.07) is -0.685. The third-order valence-electron chi connectivity index (χ3n) is 3.08. The fraction of sp³-hybridized carbons (Fsp3) is 1.00. The van der Waals surface area contributed by atoms with Crippen molar-refractivity contribution in [2.45, 2.75) is 39.0 Å². The molecule has 0 aromatic rings. The molecule has 0 saturated carbocycles. The van der Waals surface area contributed by atoms with E-state index in [9.17, 15) is 10.1 Å². The van der Waals surface area contributed by atoms with Crippen LogP contribution in [0.1, 0.15) is 26.7 Å². The Morgan fingerprint density at radius 1 is 1.24 bits per heavy atom. The molecule has 0 aromatic heterocycles. The van der Waals surface area contributed by atoms with Crippen LogP contribution in [0.25, 0.3) is 0 Å². The summed E-state index contributed by atoms with van der Waals surface area (Å²) in [6.45, 7) is 3.57. The van der Waals surface area contributed by atoms with E-state index in [1.807, 2.05) is 6.92 Å². The Bertz CT molecular complexity index is 220. The molecule has 0 aliphatic carbocycles. The molecule has 1 N–H and O–H groups in total. The largest absolute Gasteiger partial charge is 0.396 e. The van der Waals surface area contributed by atoms with Gasteiger partial charge in [-0.25, -0.2) is 0 Å². The number of nitrogens with zero attached hydrogens (tertiary/aromatic N) is 1. The first-order valence-electron chi connectivity index (χ1n) is 5.77. The first kappa shape index (κ1) is 16.3. The Kier molecular flexibility index (Phi) is 8.03. The second-order valence-electron chi connectivity index (χ2n) is 4.38. The number of rotatable bonds is 9. The van der Waals surface area contributed by atoms with Gasteiger partial charge >= 0.3 is 0 Å². The van der Waals surface area contributed by atoms with Crippen LogP contribution in [0.4, 0.5) is 0 Å². The Balaban J connectivity index is 4.53. The van der Waals surface area contributed by atoms with Crippen molar-refractivity contribution in [3.63, 3.8) is 0 Å². The third kappa shape index (κ3) is 5.43. The van der Waals surface area contributed by atoms with Gasteiger partial charge in [0.1, 0.15) is 0 Å². The average molecular weight is 249 g/mol. The maximum absolute atomic E-state index is 11.1. The van der Waals surface area contributed by atoms with E-state index >= 15 is 0 Å². The van der Waals surface area contributed by atoms with Gasteiger partial charge in [0.05, 0.1) is 0 Å². The molecule has 1 unspecified atom stereocenters. The summed E-state index contributed by atoms with van der Waals surface area (Å²) in [5, 5.41) is 19.9. The SMILES string of the molecule is COC(C[C@H](C)C([C@H](C)CCO)[N+](=O)[O-])OC. The van der Waals surface area contributed by atoms with Gasteiger partial charge in [-0.05, 0) is 6.42 Å². The molecule has 0 fully saturated rings. The van der Waals surface area contributed by atoms with Gasteiger partial charge in [0, 0.05) is 44.0 Å². The topological polar surface area (TPSA) is 81.8 Å². The van der Waals surface area contributed by atoms with Crippen LogP contribution in [-0.4, -0.2) is 43.2 Å². The summed E-state index contributed by atoms with van der Waals surface area (Å²) in [5.41, 5.74) is 0. The van der Waals surface area contributed by atoms with Crippen LogP contribution in [0.5, 0.6) is 0 Å². The molecule has 17 heavy (non-hydrogen) atoms. The van der Waals surface area contributed by atoms with E-state index in [1.165, 1.54) is 14.2 Å². The monoisotopic (exact) mass is 249 g/mol. The van der Waals surface area contributed by atoms with Gasteiger partial charge < -0.3 is 14.6 Å². The van der Waals surface area contributed by atoms with E-state index in [0.717, 1.165) is 0 Å². The van der Waals surface area contributed by atoms with Gasteiger partial charge in [0.2, 0.25) is 6.04 Å². The highest BCUT2D eigenvalue weighted by Crippen LogP contribution is 2.23. The Morgan fingerprint density at radius 2 is 1.76 bits per heavy atom. The molecular formula is C11H23NO5. The highest BCUT2D eigenvalue weighted by atomic mass is 16.7. The van der Waals surface area contributed by atoms with Crippen LogP contribution >= 0.6 is 0 Å². The molecule has 6 nitrogen and oxygen atoms in total. The highest BCUT2D eigenvalue weighted by molar-refractivity contribution is 4.73.